The minimum atomic E-state index is 0.0841. The number of hydrogen-bond acceptors (Lipinski definition) is 4. The van der Waals surface area contributed by atoms with Crippen molar-refractivity contribution in [3.8, 4) is 0 Å². The number of aliphatic hydroxyl groups is 1. The SMILES string of the molecule is [O-][n+]1onc2cc(CCO)ccc21. The zero-order chi connectivity index (χ0) is 9.26. The van der Waals surface area contributed by atoms with Gasteiger partial charge in [-0.15, -0.1) is 0 Å². The second-order valence-electron chi connectivity index (χ2n) is 2.73. The Morgan fingerprint density at radius 3 is 3.15 bits per heavy atom. The first kappa shape index (κ1) is 8.00. The average Bonchev–Trinajstić information content (AvgIpc) is 2.48. The highest BCUT2D eigenvalue weighted by molar-refractivity contribution is 5.70. The monoisotopic (exact) mass is 180 g/mol. The predicted octanol–water partition coefficient (Wildman–Crippen LogP) is -0.00400. The third-order valence-corrected chi connectivity index (χ3v) is 1.85. The highest BCUT2D eigenvalue weighted by atomic mass is 16.8. The zero-order valence-electron chi connectivity index (χ0n) is 6.80. The van der Waals surface area contributed by atoms with Crippen LogP contribution >= 0.6 is 0 Å². The van der Waals surface area contributed by atoms with Crippen molar-refractivity contribution in [2.24, 2.45) is 0 Å². The van der Waals surface area contributed by atoms with E-state index in [-0.39, 0.29) is 6.61 Å². The Morgan fingerprint density at radius 2 is 2.38 bits per heavy atom. The van der Waals surface area contributed by atoms with Crippen LogP contribution in [-0.4, -0.2) is 16.9 Å². The van der Waals surface area contributed by atoms with E-state index in [1.165, 1.54) is 0 Å². The van der Waals surface area contributed by atoms with Crippen LogP contribution in [0.15, 0.2) is 22.8 Å². The second-order valence-corrected chi connectivity index (χ2v) is 2.73. The number of rotatable bonds is 2. The Hall–Kier alpha value is -1.62. The van der Waals surface area contributed by atoms with Gasteiger partial charge < -0.3 is 10.3 Å². The minimum Gasteiger partial charge on any atom is -0.396 e. The van der Waals surface area contributed by atoms with E-state index >= 15 is 0 Å². The van der Waals surface area contributed by atoms with E-state index < -0.39 is 0 Å². The van der Waals surface area contributed by atoms with Gasteiger partial charge in [0.1, 0.15) is 0 Å². The van der Waals surface area contributed by atoms with Crippen LogP contribution < -0.4 is 4.90 Å². The molecule has 5 nitrogen and oxygen atoms in total. The molecule has 1 heterocycles. The molecule has 0 aliphatic heterocycles. The van der Waals surface area contributed by atoms with Crippen molar-refractivity contribution in [1.82, 2.24) is 5.16 Å². The van der Waals surface area contributed by atoms with Crippen LogP contribution in [0.3, 0.4) is 0 Å². The molecular formula is C8H8N2O3. The molecule has 68 valence electrons. The quantitative estimate of drug-likeness (QED) is 0.660. The lowest BCUT2D eigenvalue weighted by atomic mass is 10.1. The van der Waals surface area contributed by atoms with Crippen molar-refractivity contribution in [2.75, 3.05) is 6.61 Å². The highest BCUT2D eigenvalue weighted by Gasteiger charge is 2.08. The molecule has 1 aromatic carbocycles. The van der Waals surface area contributed by atoms with Crippen LogP contribution in [0.4, 0.5) is 0 Å². The molecule has 0 unspecified atom stereocenters. The molecule has 2 aromatic rings. The molecule has 1 aromatic heterocycles. The van der Waals surface area contributed by atoms with Crippen LogP contribution in [0.5, 0.6) is 0 Å². The van der Waals surface area contributed by atoms with Crippen LogP contribution in [-0.2, 0) is 6.42 Å². The Labute approximate surface area is 73.7 Å². The maximum atomic E-state index is 10.9. The molecule has 0 saturated carbocycles. The van der Waals surface area contributed by atoms with Gasteiger partial charge in [-0.25, -0.2) is 0 Å². The summed E-state index contributed by atoms with van der Waals surface area (Å²) >= 11 is 0. The summed E-state index contributed by atoms with van der Waals surface area (Å²) in [7, 11) is 0. The number of aliphatic hydroxyl groups excluding tert-OH is 1. The largest absolute Gasteiger partial charge is 0.396 e. The fourth-order valence-corrected chi connectivity index (χ4v) is 1.21. The van der Waals surface area contributed by atoms with E-state index in [2.05, 4.69) is 9.79 Å². The molecule has 2 rings (SSSR count). The van der Waals surface area contributed by atoms with Gasteiger partial charge in [0.15, 0.2) is 0 Å². The van der Waals surface area contributed by atoms with E-state index in [0.29, 0.717) is 22.4 Å². The first-order chi connectivity index (χ1) is 6.31. The summed E-state index contributed by atoms with van der Waals surface area (Å²) in [6.45, 7) is 0.0841. The molecule has 0 spiro atoms. The van der Waals surface area contributed by atoms with Crippen molar-refractivity contribution in [2.45, 2.75) is 6.42 Å². The van der Waals surface area contributed by atoms with Gasteiger partial charge in [0.25, 0.3) is 0 Å². The van der Waals surface area contributed by atoms with Crippen molar-refractivity contribution >= 4 is 11.0 Å². The van der Waals surface area contributed by atoms with Crippen molar-refractivity contribution in [3.63, 3.8) is 0 Å². The van der Waals surface area contributed by atoms with E-state index in [4.69, 9.17) is 5.11 Å². The van der Waals surface area contributed by atoms with Gasteiger partial charge in [0, 0.05) is 11.8 Å². The average molecular weight is 180 g/mol. The Balaban J connectivity index is 2.50. The normalized spacial score (nSPS) is 10.8. The molecule has 0 bridgehead atoms. The second kappa shape index (κ2) is 3.02. The third-order valence-electron chi connectivity index (χ3n) is 1.85. The smallest absolute Gasteiger partial charge is 0.248 e. The Kier molecular flexibility index (Phi) is 1.86. The summed E-state index contributed by atoms with van der Waals surface area (Å²) in [5.41, 5.74) is 1.85. The highest BCUT2D eigenvalue weighted by Crippen LogP contribution is 2.10. The lowest BCUT2D eigenvalue weighted by Crippen LogP contribution is -2.22. The van der Waals surface area contributed by atoms with Crippen molar-refractivity contribution < 1.29 is 14.6 Å². The molecule has 13 heavy (non-hydrogen) atoms. The summed E-state index contributed by atoms with van der Waals surface area (Å²) in [6, 6.07) is 5.12. The van der Waals surface area contributed by atoms with Gasteiger partial charge in [-0.05, 0) is 29.0 Å². The van der Waals surface area contributed by atoms with Gasteiger partial charge in [-0.3, -0.25) is 4.63 Å². The van der Waals surface area contributed by atoms with Gasteiger partial charge in [0.05, 0.1) is 0 Å². The van der Waals surface area contributed by atoms with E-state index in [0.717, 1.165) is 5.56 Å². The maximum absolute atomic E-state index is 10.9. The zero-order valence-corrected chi connectivity index (χ0v) is 6.80. The molecular weight excluding hydrogens is 172 g/mol. The van der Waals surface area contributed by atoms with Crippen molar-refractivity contribution in [1.29, 1.82) is 0 Å². The fourth-order valence-electron chi connectivity index (χ4n) is 1.21. The molecule has 0 aliphatic carbocycles. The fraction of sp³-hybridized carbons (Fsp3) is 0.250. The molecule has 0 saturated heterocycles. The first-order valence-corrected chi connectivity index (χ1v) is 3.90. The predicted molar refractivity (Wildman–Crippen MR) is 43.8 cm³/mol. The van der Waals surface area contributed by atoms with Gasteiger partial charge >= 0.3 is 0 Å². The molecule has 1 N–H and O–H groups in total. The third kappa shape index (κ3) is 1.33. The topological polar surface area (TPSA) is 73.2 Å². The standard InChI is InChI=1S/C8H8N2O3/c11-4-3-6-1-2-8-7(5-6)9-13-10(8)12/h1-2,5,11H,3-4H2. The summed E-state index contributed by atoms with van der Waals surface area (Å²) in [5, 5.41) is 23.1. The Bertz CT molecular complexity index is 424. The van der Waals surface area contributed by atoms with Crippen molar-refractivity contribution in [3.05, 3.63) is 29.0 Å². The Morgan fingerprint density at radius 1 is 1.54 bits per heavy atom. The van der Waals surface area contributed by atoms with Crippen LogP contribution in [0.25, 0.3) is 11.0 Å². The number of aromatic nitrogens is 2. The van der Waals surface area contributed by atoms with E-state index in [9.17, 15) is 5.21 Å². The number of hydrogen-bond donors (Lipinski definition) is 1. The molecule has 5 heteroatoms. The lowest BCUT2D eigenvalue weighted by molar-refractivity contribution is -0.782. The summed E-state index contributed by atoms with van der Waals surface area (Å²) in [6.07, 6.45) is 0.557. The number of nitrogens with zero attached hydrogens (tertiary/aromatic N) is 2. The van der Waals surface area contributed by atoms with Crippen LogP contribution in [0.2, 0.25) is 0 Å². The summed E-state index contributed by atoms with van der Waals surface area (Å²) < 4.78 is 4.40. The molecule has 0 atom stereocenters. The van der Waals surface area contributed by atoms with E-state index in [1.54, 1.807) is 18.2 Å². The molecule has 0 radical (unpaired) electrons. The van der Waals surface area contributed by atoms with Crippen LogP contribution in [0, 0.1) is 5.21 Å². The maximum Gasteiger partial charge on any atom is 0.248 e. The van der Waals surface area contributed by atoms with Crippen LogP contribution in [0.1, 0.15) is 5.56 Å². The lowest BCUT2D eigenvalue weighted by Gasteiger charge is -1.94. The molecule has 0 fully saturated rings. The number of benzene rings is 1. The molecule has 0 amide bonds. The van der Waals surface area contributed by atoms with Gasteiger partial charge in [-0.2, -0.15) is 0 Å². The first-order valence-electron chi connectivity index (χ1n) is 3.90. The number of fused-ring (bicyclic) bond motifs is 1. The summed E-state index contributed by atoms with van der Waals surface area (Å²) in [4.78, 5) is 0.359. The van der Waals surface area contributed by atoms with Gasteiger partial charge in [0.2, 0.25) is 11.0 Å². The summed E-state index contributed by atoms with van der Waals surface area (Å²) in [5.74, 6) is 0. The van der Waals surface area contributed by atoms with Gasteiger partial charge in [-0.1, -0.05) is 6.07 Å². The minimum absolute atomic E-state index is 0.0841. The van der Waals surface area contributed by atoms with E-state index in [1.807, 2.05) is 0 Å². The molecule has 0 aliphatic rings.